The molecular weight excluding hydrogens is 464 g/mol. The number of hydrogen-bond acceptors (Lipinski definition) is 5. The number of likely N-dealkylation sites (tertiary alicyclic amines) is 1. The quantitative estimate of drug-likeness (QED) is 0.410. The summed E-state index contributed by atoms with van der Waals surface area (Å²) in [6, 6.07) is 13.3. The minimum absolute atomic E-state index is 0.0112. The highest BCUT2D eigenvalue weighted by atomic mass is 16.2. The van der Waals surface area contributed by atoms with Crippen LogP contribution in [0.1, 0.15) is 70.1 Å². The minimum Gasteiger partial charge on any atom is -0.339 e. The number of nitrogens with one attached hydrogen (secondary N) is 1. The lowest BCUT2D eigenvalue weighted by Gasteiger charge is -2.32. The van der Waals surface area contributed by atoms with E-state index in [2.05, 4.69) is 46.6 Å². The first-order chi connectivity index (χ1) is 17.9. The molecule has 0 bridgehead atoms. The molecule has 0 spiro atoms. The van der Waals surface area contributed by atoms with Gasteiger partial charge < -0.3 is 10.2 Å². The van der Waals surface area contributed by atoms with E-state index < -0.39 is 0 Å². The molecule has 1 saturated heterocycles. The van der Waals surface area contributed by atoms with Gasteiger partial charge in [-0.2, -0.15) is 0 Å². The Balaban J connectivity index is 1.23. The monoisotopic (exact) mass is 496 g/mol. The van der Waals surface area contributed by atoms with Crippen molar-refractivity contribution in [2.24, 2.45) is 5.92 Å². The molecular formula is C29H32N6O2. The first-order valence-corrected chi connectivity index (χ1v) is 12.8. The van der Waals surface area contributed by atoms with Crippen molar-refractivity contribution in [1.82, 2.24) is 24.5 Å². The first-order valence-electron chi connectivity index (χ1n) is 12.8. The predicted octanol–water partition coefficient (Wildman–Crippen LogP) is 4.90. The van der Waals surface area contributed by atoms with Crippen molar-refractivity contribution >= 4 is 23.1 Å². The average molecular weight is 497 g/mol. The van der Waals surface area contributed by atoms with Gasteiger partial charge in [0, 0.05) is 42.4 Å². The number of amides is 2. The summed E-state index contributed by atoms with van der Waals surface area (Å²) in [5.41, 5.74) is 5.66. The van der Waals surface area contributed by atoms with E-state index >= 15 is 0 Å². The Bertz CT molecular complexity index is 1420. The number of nitrogens with zero attached hydrogens (tertiary/aromatic N) is 5. The van der Waals surface area contributed by atoms with Gasteiger partial charge in [-0.05, 0) is 79.5 Å². The Labute approximate surface area is 216 Å². The van der Waals surface area contributed by atoms with Crippen LogP contribution in [0.2, 0.25) is 0 Å². The summed E-state index contributed by atoms with van der Waals surface area (Å²) >= 11 is 0. The number of hydrogen-bond donors (Lipinski definition) is 1. The van der Waals surface area contributed by atoms with E-state index in [4.69, 9.17) is 0 Å². The SMILES string of the molecule is Cc1ccc(C(=O)N2CCC(c3ccc4nncn4c3)CC2)cc1NC(=O)c1ccc(CC(C)C)nc1. The molecule has 0 aliphatic carbocycles. The molecule has 1 N–H and O–H groups in total. The van der Waals surface area contributed by atoms with Crippen LogP contribution in [-0.2, 0) is 6.42 Å². The molecule has 1 aromatic carbocycles. The van der Waals surface area contributed by atoms with E-state index in [0.717, 1.165) is 36.2 Å². The summed E-state index contributed by atoms with van der Waals surface area (Å²) in [5.74, 6) is 0.652. The van der Waals surface area contributed by atoms with Gasteiger partial charge in [-0.3, -0.25) is 19.0 Å². The predicted molar refractivity (Wildman–Crippen MR) is 143 cm³/mol. The Hall–Kier alpha value is -4.07. The molecule has 0 atom stereocenters. The number of aromatic nitrogens is 4. The van der Waals surface area contributed by atoms with Crippen LogP contribution in [0.5, 0.6) is 0 Å². The fourth-order valence-electron chi connectivity index (χ4n) is 4.87. The molecule has 4 heterocycles. The molecule has 1 aliphatic rings. The second-order valence-corrected chi connectivity index (χ2v) is 10.2. The molecule has 1 aliphatic heterocycles. The molecule has 5 rings (SSSR count). The van der Waals surface area contributed by atoms with Crippen LogP contribution in [-0.4, -0.2) is 49.4 Å². The van der Waals surface area contributed by atoms with Crippen LogP contribution in [0.3, 0.4) is 0 Å². The minimum atomic E-state index is -0.234. The summed E-state index contributed by atoms with van der Waals surface area (Å²) in [6.07, 6.45) is 8.08. The van der Waals surface area contributed by atoms with Gasteiger partial charge >= 0.3 is 0 Å². The van der Waals surface area contributed by atoms with Crippen molar-refractivity contribution in [3.8, 4) is 0 Å². The number of carbonyl (C=O) groups excluding carboxylic acids is 2. The van der Waals surface area contributed by atoms with E-state index in [-0.39, 0.29) is 11.8 Å². The van der Waals surface area contributed by atoms with Gasteiger partial charge in [-0.15, -0.1) is 10.2 Å². The van der Waals surface area contributed by atoms with Gasteiger partial charge in [0.1, 0.15) is 6.33 Å². The van der Waals surface area contributed by atoms with Crippen LogP contribution in [0, 0.1) is 12.8 Å². The summed E-state index contributed by atoms with van der Waals surface area (Å²) in [7, 11) is 0. The topological polar surface area (TPSA) is 92.5 Å². The second-order valence-electron chi connectivity index (χ2n) is 10.2. The molecule has 1 fully saturated rings. The highest BCUT2D eigenvalue weighted by molar-refractivity contribution is 6.05. The van der Waals surface area contributed by atoms with Crippen LogP contribution in [0.15, 0.2) is 61.2 Å². The van der Waals surface area contributed by atoms with Gasteiger partial charge in [0.25, 0.3) is 11.8 Å². The summed E-state index contributed by atoms with van der Waals surface area (Å²) in [4.78, 5) is 32.5. The van der Waals surface area contributed by atoms with E-state index in [1.165, 1.54) is 5.56 Å². The van der Waals surface area contributed by atoms with Gasteiger partial charge in [-0.1, -0.05) is 26.0 Å². The third-order valence-electron chi connectivity index (χ3n) is 7.00. The van der Waals surface area contributed by atoms with Crippen molar-refractivity contribution in [2.75, 3.05) is 18.4 Å². The molecule has 4 aromatic rings. The maximum absolute atomic E-state index is 13.3. The zero-order chi connectivity index (χ0) is 25.9. The lowest BCUT2D eigenvalue weighted by molar-refractivity contribution is 0.0712. The van der Waals surface area contributed by atoms with Gasteiger partial charge in [0.05, 0.1) is 5.56 Å². The summed E-state index contributed by atoms with van der Waals surface area (Å²) < 4.78 is 1.94. The van der Waals surface area contributed by atoms with E-state index in [9.17, 15) is 9.59 Å². The molecule has 8 nitrogen and oxygen atoms in total. The summed E-state index contributed by atoms with van der Waals surface area (Å²) in [5, 5.41) is 11.0. The fraction of sp³-hybridized carbons (Fsp3) is 0.345. The number of rotatable bonds is 6. The maximum Gasteiger partial charge on any atom is 0.257 e. The molecule has 37 heavy (non-hydrogen) atoms. The lowest BCUT2D eigenvalue weighted by atomic mass is 9.90. The molecule has 8 heteroatoms. The number of benzene rings is 1. The number of aryl methyl sites for hydroxylation is 1. The lowest BCUT2D eigenvalue weighted by Crippen LogP contribution is -2.38. The van der Waals surface area contributed by atoms with Crippen molar-refractivity contribution < 1.29 is 9.59 Å². The van der Waals surface area contributed by atoms with Crippen LogP contribution < -0.4 is 5.32 Å². The molecule has 190 valence electrons. The number of piperidine rings is 1. The van der Waals surface area contributed by atoms with Crippen molar-refractivity contribution in [2.45, 2.75) is 46.0 Å². The Morgan fingerprint density at radius 3 is 2.57 bits per heavy atom. The number of fused-ring (bicyclic) bond motifs is 1. The molecule has 2 amide bonds. The van der Waals surface area contributed by atoms with Gasteiger partial charge in [-0.25, -0.2) is 0 Å². The maximum atomic E-state index is 13.3. The molecule has 0 radical (unpaired) electrons. The average Bonchev–Trinajstić information content (AvgIpc) is 3.38. The van der Waals surface area contributed by atoms with Crippen LogP contribution in [0.25, 0.3) is 5.65 Å². The standard InChI is InChI=1S/C29H32N6O2/c1-19(2)14-25-8-6-23(16-30-25)28(36)32-26-15-22(5-4-20(26)3)29(37)34-12-10-21(11-13-34)24-7-9-27-33-31-18-35(27)17-24/h4-9,15-19,21H,10-14H2,1-3H3,(H,32,36). The van der Waals surface area contributed by atoms with Crippen molar-refractivity contribution in [3.63, 3.8) is 0 Å². The zero-order valence-electron chi connectivity index (χ0n) is 21.5. The Morgan fingerprint density at radius 2 is 1.84 bits per heavy atom. The second kappa shape index (κ2) is 10.5. The van der Waals surface area contributed by atoms with Gasteiger partial charge in [0.15, 0.2) is 5.65 Å². The normalized spacial score (nSPS) is 14.3. The van der Waals surface area contributed by atoms with Crippen molar-refractivity contribution in [3.05, 3.63) is 89.1 Å². The van der Waals surface area contributed by atoms with E-state index in [0.29, 0.717) is 41.7 Å². The number of carbonyl (C=O) groups is 2. The van der Waals surface area contributed by atoms with E-state index in [1.807, 2.05) is 40.5 Å². The van der Waals surface area contributed by atoms with Gasteiger partial charge in [0.2, 0.25) is 0 Å². The third kappa shape index (κ3) is 5.53. The zero-order valence-corrected chi connectivity index (χ0v) is 21.5. The first kappa shape index (κ1) is 24.6. The Kier molecular flexibility index (Phi) is 6.99. The smallest absolute Gasteiger partial charge is 0.257 e. The van der Waals surface area contributed by atoms with Crippen LogP contribution >= 0.6 is 0 Å². The molecule has 0 unspecified atom stereocenters. The van der Waals surface area contributed by atoms with Crippen molar-refractivity contribution in [1.29, 1.82) is 0 Å². The molecule has 0 saturated carbocycles. The van der Waals surface area contributed by atoms with Crippen LogP contribution in [0.4, 0.5) is 5.69 Å². The Morgan fingerprint density at radius 1 is 1.05 bits per heavy atom. The fourth-order valence-corrected chi connectivity index (χ4v) is 4.87. The largest absolute Gasteiger partial charge is 0.339 e. The van der Waals surface area contributed by atoms with E-state index in [1.54, 1.807) is 24.7 Å². The molecule has 3 aromatic heterocycles. The summed E-state index contributed by atoms with van der Waals surface area (Å²) in [6.45, 7) is 7.58. The number of anilines is 1. The highest BCUT2D eigenvalue weighted by Crippen LogP contribution is 2.29. The number of pyridine rings is 2. The third-order valence-corrected chi connectivity index (χ3v) is 7.00. The highest BCUT2D eigenvalue weighted by Gasteiger charge is 2.25.